The molecule has 0 saturated heterocycles. The van der Waals surface area contributed by atoms with Gasteiger partial charge in [-0.3, -0.25) is 0 Å². The molecule has 0 radical (unpaired) electrons. The number of aliphatic hydroxyl groups is 1. The van der Waals surface area contributed by atoms with E-state index in [9.17, 15) is 4.79 Å². The number of carbonyl (C=O) groups is 1. The van der Waals surface area contributed by atoms with Crippen molar-refractivity contribution in [2.75, 3.05) is 7.11 Å². The average Bonchev–Trinajstić information content (AvgIpc) is 2.18. The van der Waals surface area contributed by atoms with Gasteiger partial charge in [0.05, 0.1) is 7.11 Å². The second-order valence-electron chi connectivity index (χ2n) is 2.86. The molecule has 0 heterocycles. The highest BCUT2D eigenvalue weighted by molar-refractivity contribution is 6.30. The number of benzene rings is 1. The Labute approximate surface area is 87.3 Å². The van der Waals surface area contributed by atoms with Gasteiger partial charge in [0.1, 0.15) is 18.1 Å². The Hall–Kier alpha value is -1.06. The molecule has 0 aromatic heterocycles. The van der Waals surface area contributed by atoms with Gasteiger partial charge in [0.2, 0.25) is 0 Å². The van der Waals surface area contributed by atoms with Gasteiger partial charge in [-0.1, -0.05) is 11.6 Å². The molecule has 1 atom stereocenters. The lowest BCUT2D eigenvalue weighted by Gasteiger charge is -2.09. The lowest BCUT2D eigenvalue weighted by Crippen LogP contribution is -2.12. The van der Waals surface area contributed by atoms with E-state index in [0.29, 0.717) is 17.1 Å². The van der Waals surface area contributed by atoms with Crippen molar-refractivity contribution in [3.63, 3.8) is 0 Å². The number of aldehydes is 1. The summed E-state index contributed by atoms with van der Waals surface area (Å²) in [5, 5.41) is 9.71. The number of aliphatic hydroxyl groups excluding tert-OH is 1. The molecule has 0 amide bonds. The van der Waals surface area contributed by atoms with Crippen LogP contribution in [-0.2, 0) is 11.2 Å². The van der Waals surface area contributed by atoms with Crippen molar-refractivity contribution in [1.29, 1.82) is 0 Å². The summed E-state index contributed by atoms with van der Waals surface area (Å²) in [5.74, 6) is 0.621. The normalized spacial score (nSPS) is 12.2. The molecule has 1 aromatic rings. The highest BCUT2D eigenvalue weighted by Crippen LogP contribution is 2.23. The Morgan fingerprint density at radius 3 is 2.93 bits per heavy atom. The molecule has 3 nitrogen and oxygen atoms in total. The maximum Gasteiger partial charge on any atom is 0.148 e. The van der Waals surface area contributed by atoms with E-state index in [4.69, 9.17) is 21.4 Å². The van der Waals surface area contributed by atoms with Crippen LogP contribution in [0.15, 0.2) is 18.2 Å². The number of carbonyl (C=O) groups excluding carboxylic acids is 1. The van der Waals surface area contributed by atoms with Gasteiger partial charge in [0.15, 0.2) is 0 Å². The fourth-order valence-corrected chi connectivity index (χ4v) is 1.37. The van der Waals surface area contributed by atoms with Gasteiger partial charge in [0.25, 0.3) is 0 Å². The number of hydrogen-bond donors (Lipinski definition) is 1. The Balaban J connectivity index is 2.92. The molecular weight excluding hydrogens is 204 g/mol. The first kappa shape index (κ1) is 11.0. The van der Waals surface area contributed by atoms with E-state index in [0.717, 1.165) is 5.56 Å². The van der Waals surface area contributed by atoms with Crippen molar-refractivity contribution >= 4 is 17.9 Å². The van der Waals surface area contributed by atoms with Crippen LogP contribution in [0.3, 0.4) is 0 Å². The predicted octanol–water partition coefficient (Wildman–Crippen LogP) is 1.45. The molecule has 0 saturated carbocycles. The van der Waals surface area contributed by atoms with E-state index in [-0.39, 0.29) is 6.42 Å². The van der Waals surface area contributed by atoms with Gasteiger partial charge >= 0.3 is 0 Å². The zero-order chi connectivity index (χ0) is 10.6. The smallest absolute Gasteiger partial charge is 0.148 e. The summed E-state index contributed by atoms with van der Waals surface area (Å²) in [5.41, 5.74) is 0.722. The molecular formula is C10H11ClO3. The maximum atomic E-state index is 10.3. The number of halogens is 1. The summed E-state index contributed by atoms with van der Waals surface area (Å²) in [7, 11) is 1.53. The van der Waals surface area contributed by atoms with Crippen molar-refractivity contribution in [2.24, 2.45) is 0 Å². The van der Waals surface area contributed by atoms with E-state index in [1.54, 1.807) is 18.2 Å². The molecule has 0 aliphatic rings. The van der Waals surface area contributed by atoms with Crippen LogP contribution >= 0.6 is 11.6 Å². The standard InChI is InChI=1S/C10H11ClO3/c1-14-10-3-2-8(11)4-7(10)5-9(13)6-12/h2-4,6,9,13H,5H2,1H3. The first-order valence-electron chi connectivity index (χ1n) is 4.13. The van der Waals surface area contributed by atoms with Crippen LogP contribution in [0, 0.1) is 0 Å². The molecule has 4 heteroatoms. The molecule has 0 aliphatic carbocycles. The van der Waals surface area contributed by atoms with Gasteiger partial charge in [0, 0.05) is 11.4 Å². The summed E-state index contributed by atoms with van der Waals surface area (Å²) in [6.45, 7) is 0. The molecule has 76 valence electrons. The van der Waals surface area contributed by atoms with Crippen LogP contribution in [-0.4, -0.2) is 24.6 Å². The Kier molecular flexibility index (Phi) is 3.92. The first-order valence-corrected chi connectivity index (χ1v) is 4.51. The van der Waals surface area contributed by atoms with Crippen molar-refractivity contribution < 1.29 is 14.6 Å². The Morgan fingerprint density at radius 1 is 1.64 bits per heavy atom. The minimum atomic E-state index is -1.01. The predicted molar refractivity (Wildman–Crippen MR) is 53.8 cm³/mol. The van der Waals surface area contributed by atoms with Gasteiger partial charge in [-0.25, -0.2) is 0 Å². The van der Waals surface area contributed by atoms with Crippen LogP contribution in [0.5, 0.6) is 5.75 Å². The van der Waals surface area contributed by atoms with E-state index in [1.165, 1.54) is 7.11 Å². The highest BCUT2D eigenvalue weighted by Gasteiger charge is 2.09. The first-order chi connectivity index (χ1) is 6.67. The van der Waals surface area contributed by atoms with Gasteiger partial charge in [-0.2, -0.15) is 0 Å². The van der Waals surface area contributed by atoms with E-state index >= 15 is 0 Å². The monoisotopic (exact) mass is 214 g/mol. The molecule has 0 fully saturated rings. The summed E-state index contributed by atoms with van der Waals surface area (Å²) in [6, 6.07) is 5.07. The molecule has 1 rings (SSSR count). The van der Waals surface area contributed by atoms with E-state index in [1.807, 2.05) is 0 Å². The maximum absolute atomic E-state index is 10.3. The zero-order valence-electron chi connectivity index (χ0n) is 7.74. The summed E-state index contributed by atoms with van der Waals surface area (Å²) in [4.78, 5) is 10.3. The Morgan fingerprint density at radius 2 is 2.36 bits per heavy atom. The number of rotatable bonds is 4. The van der Waals surface area contributed by atoms with Crippen LogP contribution < -0.4 is 4.74 Å². The minimum Gasteiger partial charge on any atom is -0.496 e. The lowest BCUT2D eigenvalue weighted by atomic mass is 10.1. The van der Waals surface area contributed by atoms with E-state index < -0.39 is 6.10 Å². The molecule has 1 N–H and O–H groups in total. The third-order valence-corrected chi connectivity index (χ3v) is 2.06. The number of hydrogen-bond acceptors (Lipinski definition) is 3. The second-order valence-corrected chi connectivity index (χ2v) is 3.30. The van der Waals surface area contributed by atoms with Gasteiger partial charge in [-0.05, 0) is 23.8 Å². The molecule has 1 unspecified atom stereocenters. The van der Waals surface area contributed by atoms with Crippen molar-refractivity contribution in [1.82, 2.24) is 0 Å². The van der Waals surface area contributed by atoms with Crippen LogP contribution in [0.4, 0.5) is 0 Å². The van der Waals surface area contributed by atoms with Crippen molar-refractivity contribution in [3.05, 3.63) is 28.8 Å². The van der Waals surface area contributed by atoms with Crippen LogP contribution in [0.2, 0.25) is 5.02 Å². The number of ether oxygens (including phenoxy) is 1. The lowest BCUT2D eigenvalue weighted by molar-refractivity contribution is -0.114. The number of methoxy groups -OCH3 is 1. The van der Waals surface area contributed by atoms with Crippen molar-refractivity contribution in [3.8, 4) is 5.75 Å². The van der Waals surface area contributed by atoms with Gasteiger partial charge in [-0.15, -0.1) is 0 Å². The third kappa shape index (κ3) is 2.72. The van der Waals surface area contributed by atoms with Crippen molar-refractivity contribution in [2.45, 2.75) is 12.5 Å². The highest BCUT2D eigenvalue weighted by atomic mass is 35.5. The minimum absolute atomic E-state index is 0.216. The quantitative estimate of drug-likeness (QED) is 0.772. The van der Waals surface area contributed by atoms with Gasteiger partial charge < -0.3 is 14.6 Å². The summed E-state index contributed by atoms with van der Waals surface area (Å²) < 4.78 is 5.06. The summed E-state index contributed by atoms with van der Waals surface area (Å²) >= 11 is 5.77. The van der Waals surface area contributed by atoms with Crippen LogP contribution in [0.25, 0.3) is 0 Å². The second kappa shape index (κ2) is 4.98. The molecule has 0 bridgehead atoms. The fourth-order valence-electron chi connectivity index (χ4n) is 1.18. The fraction of sp³-hybridized carbons (Fsp3) is 0.300. The molecule has 1 aromatic carbocycles. The summed E-state index contributed by atoms with van der Waals surface area (Å²) in [6.07, 6.45) is -0.310. The van der Waals surface area contributed by atoms with E-state index in [2.05, 4.69) is 0 Å². The SMILES string of the molecule is COc1ccc(Cl)cc1CC(O)C=O. The topological polar surface area (TPSA) is 46.5 Å². The molecule has 0 aliphatic heterocycles. The van der Waals surface area contributed by atoms with Crippen LogP contribution in [0.1, 0.15) is 5.56 Å². The Bertz CT molecular complexity index is 325. The largest absolute Gasteiger partial charge is 0.496 e. The third-order valence-electron chi connectivity index (χ3n) is 1.83. The zero-order valence-corrected chi connectivity index (χ0v) is 8.49. The molecule has 14 heavy (non-hydrogen) atoms. The average molecular weight is 215 g/mol. The molecule has 0 spiro atoms.